The van der Waals surface area contributed by atoms with Gasteiger partial charge in [-0.2, -0.15) is 0 Å². The standard InChI is InChI=1S/C20H20N2O2/c1-13-7-8-19-17(9-13)10-18(14(2)22-19)20(24)21-11-15-5-3-4-6-16(15)12-23/h3-10,23H,11-12H2,1-2H3,(H,21,24). The number of benzene rings is 2. The van der Waals surface area contributed by atoms with Gasteiger partial charge in [0.1, 0.15) is 0 Å². The Morgan fingerprint density at radius 2 is 1.83 bits per heavy atom. The predicted octanol–water partition coefficient (Wildman–Crippen LogP) is 3.27. The number of aryl methyl sites for hydroxylation is 2. The normalized spacial score (nSPS) is 10.8. The van der Waals surface area contributed by atoms with Crippen molar-refractivity contribution >= 4 is 16.8 Å². The van der Waals surface area contributed by atoms with E-state index < -0.39 is 0 Å². The molecule has 1 heterocycles. The molecule has 0 fully saturated rings. The van der Waals surface area contributed by atoms with Crippen molar-refractivity contribution in [1.82, 2.24) is 10.3 Å². The van der Waals surface area contributed by atoms with Crippen LogP contribution in [0.5, 0.6) is 0 Å². The van der Waals surface area contributed by atoms with E-state index in [0.29, 0.717) is 17.8 Å². The van der Waals surface area contributed by atoms with Crippen LogP contribution in [-0.2, 0) is 13.2 Å². The summed E-state index contributed by atoms with van der Waals surface area (Å²) in [7, 11) is 0. The Bertz CT molecular complexity index is 903. The van der Waals surface area contributed by atoms with Crippen molar-refractivity contribution in [2.24, 2.45) is 0 Å². The summed E-state index contributed by atoms with van der Waals surface area (Å²) < 4.78 is 0. The van der Waals surface area contributed by atoms with E-state index in [4.69, 9.17) is 0 Å². The van der Waals surface area contributed by atoms with E-state index >= 15 is 0 Å². The van der Waals surface area contributed by atoms with Crippen LogP contribution in [0.1, 0.15) is 32.7 Å². The Morgan fingerprint density at radius 1 is 1.08 bits per heavy atom. The molecule has 2 N–H and O–H groups in total. The van der Waals surface area contributed by atoms with Crippen molar-refractivity contribution in [2.45, 2.75) is 27.0 Å². The first kappa shape index (κ1) is 16.1. The van der Waals surface area contributed by atoms with Crippen LogP contribution in [0.25, 0.3) is 10.9 Å². The highest BCUT2D eigenvalue weighted by Gasteiger charge is 2.12. The molecule has 4 heteroatoms. The van der Waals surface area contributed by atoms with Crippen molar-refractivity contribution in [1.29, 1.82) is 0 Å². The van der Waals surface area contributed by atoms with Crippen LogP contribution in [0.3, 0.4) is 0 Å². The zero-order valence-electron chi connectivity index (χ0n) is 13.8. The summed E-state index contributed by atoms with van der Waals surface area (Å²) in [6, 6.07) is 15.4. The average molecular weight is 320 g/mol. The highest BCUT2D eigenvalue weighted by Crippen LogP contribution is 2.18. The van der Waals surface area contributed by atoms with Gasteiger partial charge in [0.05, 0.1) is 23.4 Å². The summed E-state index contributed by atoms with van der Waals surface area (Å²) in [4.78, 5) is 17.1. The zero-order valence-corrected chi connectivity index (χ0v) is 13.8. The second kappa shape index (κ2) is 6.81. The molecule has 0 saturated heterocycles. The van der Waals surface area contributed by atoms with Crippen LogP contribution in [-0.4, -0.2) is 16.0 Å². The molecular formula is C20H20N2O2. The highest BCUT2D eigenvalue weighted by molar-refractivity contribution is 5.98. The molecule has 24 heavy (non-hydrogen) atoms. The molecule has 1 amide bonds. The number of pyridine rings is 1. The number of nitrogens with one attached hydrogen (secondary N) is 1. The SMILES string of the molecule is Cc1ccc2nc(C)c(C(=O)NCc3ccccc3CO)cc2c1. The fraction of sp³-hybridized carbons (Fsp3) is 0.200. The first-order chi connectivity index (χ1) is 11.6. The fourth-order valence-electron chi connectivity index (χ4n) is 2.78. The maximum atomic E-state index is 12.6. The van der Waals surface area contributed by atoms with Crippen molar-refractivity contribution < 1.29 is 9.90 Å². The molecule has 0 bridgehead atoms. The molecule has 0 atom stereocenters. The van der Waals surface area contributed by atoms with Crippen LogP contribution in [0.4, 0.5) is 0 Å². The van der Waals surface area contributed by atoms with Crippen molar-refractivity contribution in [3.05, 3.63) is 76.5 Å². The van der Waals surface area contributed by atoms with Crippen LogP contribution < -0.4 is 5.32 Å². The highest BCUT2D eigenvalue weighted by atomic mass is 16.3. The lowest BCUT2D eigenvalue weighted by Gasteiger charge is -2.11. The number of amides is 1. The van der Waals surface area contributed by atoms with E-state index in [0.717, 1.165) is 27.6 Å². The fourth-order valence-corrected chi connectivity index (χ4v) is 2.78. The zero-order chi connectivity index (χ0) is 17.1. The molecule has 3 rings (SSSR count). The van der Waals surface area contributed by atoms with E-state index in [-0.39, 0.29) is 12.5 Å². The van der Waals surface area contributed by atoms with Gasteiger partial charge in [-0.05, 0) is 43.2 Å². The molecule has 2 aromatic carbocycles. The van der Waals surface area contributed by atoms with E-state index in [1.54, 1.807) is 0 Å². The molecule has 0 aliphatic rings. The summed E-state index contributed by atoms with van der Waals surface area (Å²) in [5.41, 5.74) is 5.04. The third kappa shape index (κ3) is 3.29. The molecule has 1 aromatic heterocycles. The van der Waals surface area contributed by atoms with Crippen LogP contribution in [0, 0.1) is 13.8 Å². The summed E-state index contributed by atoms with van der Waals surface area (Å²) in [5.74, 6) is -0.156. The first-order valence-electron chi connectivity index (χ1n) is 7.92. The van der Waals surface area contributed by atoms with Gasteiger partial charge in [-0.25, -0.2) is 0 Å². The summed E-state index contributed by atoms with van der Waals surface area (Å²) in [6.07, 6.45) is 0. The molecule has 0 aliphatic carbocycles. The molecule has 0 radical (unpaired) electrons. The van der Waals surface area contributed by atoms with Gasteiger partial charge in [0.2, 0.25) is 0 Å². The van der Waals surface area contributed by atoms with E-state index in [1.165, 1.54) is 0 Å². The predicted molar refractivity (Wildman–Crippen MR) is 94.8 cm³/mol. The van der Waals surface area contributed by atoms with Gasteiger partial charge < -0.3 is 10.4 Å². The topological polar surface area (TPSA) is 62.2 Å². The second-order valence-corrected chi connectivity index (χ2v) is 5.93. The number of carbonyl (C=O) groups excluding carboxylic acids is 1. The molecule has 0 spiro atoms. The Hall–Kier alpha value is -2.72. The first-order valence-corrected chi connectivity index (χ1v) is 7.92. The number of nitrogens with zero attached hydrogens (tertiary/aromatic N) is 1. The van der Waals surface area contributed by atoms with E-state index in [1.807, 2.05) is 62.4 Å². The lowest BCUT2D eigenvalue weighted by atomic mass is 10.1. The lowest BCUT2D eigenvalue weighted by Crippen LogP contribution is -2.24. The van der Waals surface area contributed by atoms with Crippen molar-refractivity contribution in [3.8, 4) is 0 Å². The number of fused-ring (bicyclic) bond motifs is 1. The van der Waals surface area contributed by atoms with Gasteiger partial charge in [0.15, 0.2) is 0 Å². The van der Waals surface area contributed by atoms with Gasteiger partial charge >= 0.3 is 0 Å². The Morgan fingerprint density at radius 3 is 2.58 bits per heavy atom. The maximum absolute atomic E-state index is 12.6. The third-order valence-corrected chi connectivity index (χ3v) is 4.13. The maximum Gasteiger partial charge on any atom is 0.253 e. The second-order valence-electron chi connectivity index (χ2n) is 5.93. The minimum Gasteiger partial charge on any atom is -0.392 e. The Balaban J connectivity index is 1.84. The number of carbonyl (C=O) groups is 1. The van der Waals surface area contributed by atoms with Gasteiger partial charge in [-0.15, -0.1) is 0 Å². The van der Waals surface area contributed by atoms with Gasteiger partial charge in [-0.1, -0.05) is 35.9 Å². The lowest BCUT2D eigenvalue weighted by molar-refractivity contribution is 0.0949. The largest absolute Gasteiger partial charge is 0.392 e. The van der Waals surface area contributed by atoms with Gasteiger partial charge in [-0.3, -0.25) is 9.78 Å². The Kier molecular flexibility index (Phi) is 4.58. The van der Waals surface area contributed by atoms with Crippen molar-refractivity contribution in [2.75, 3.05) is 0 Å². The number of rotatable bonds is 4. The number of hydrogen-bond acceptors (Lipinski definition) is 3. The monoisotopic (exact) mass is 320 g/mol. The quantitative estimate of drug-likeness (QED) is 0.775. The number of aliphatic hydroxyl groups excluding tert-OH is 1. The van der Waals surface area contributed by atoms with Gasteiger partial charge in [0.25, 0.3) is 5.91 Å². The number of aromatic nitrogens is 1. The van der Waals surface area contributed by atoms with E-state index in [9.17, 15) is 9.90 Å². The van der Waals surface area contributed by atoms with Crippen molar-refractivity contribution in [3.63, 3.8) is 0 Å². The van der Waals surface area contributed by atoms with Gasteiger partial charge in [0, 0.05) is 11.9 Å². The summed E-state index contributed by atoms with van der Waals surface area (Å²) in [6.45, 7) is 4.20. The molecule has 3 aromatic rings. The minimum absolute atomic E-state index is 0.0398. The van der Waals surface area contributed by atoms with E-state index in [2.05, 4.69) is 10.3 Å². The Labute approximate surface area is 141 Å². The van der Waals surface area contributed by atoms with Crippen LogP contribution in [0.15, 0.2) is 48.5 Å². The summed E-state index contributed by atoms with van der Waals surface area (Å²) in [5, 5.41) is 13.2. The molecule has 4 nitrogen and oxygen atoms in total. The number of hydrogen-bond donors (Lipinski definition) is 2. The van der Waals surface area contributed by atoms with Crippen LogP contribution >= 0.6 is 0 Å². The summed E-state index contributed by atoms with van der Waals surface area (Å²) >= 11 is 0. The third-order valence-electron chi connectivity index (χ3n) is 4.13. The molecule has 0 unspecified atom stereocenters. The van der Waals surface area contributed by atoms with Crippen LogP contribution in [0.2, 0.25) is 0 Å². The molecule has 0 aliphatic heterocycles. The smallest absolute Gasteiger partial charge is 0.253 e. The molecule has 122 valence electrons. The average Bonchev–Trinajstić information content (AvgIpc) is 2.59. The minimum atomic E-state index is -0.156. The molecule has 0 saturated carbocycles. The number of aliphatic hydroxyl groups is 1. The molecular weight excluding hydrogens is 300 g/mol.